The maximum Gasteiger partial charge on any atom is 0.215 e. The molecular weight excluding hydrogens is 288 g/mol. The minimum atomic E-state index is -3.25. The third-order valence-corrected chi connectivity index (χ3v) is 4.09. The highest BCUT2D eigenvalue weighted by atomic mass is 32.2. The molecule has 0 bridgehead atoms. The van der Waals surface area contributed by atoms with E-state index in [9.17, 15) is 8.42 Å². The molecule has 1 aromatic carbocycles. The first-order valence-corrected chi connectivity index (χ1v) is 8.20. The first kappa shape index (κ1) is 17.2. The zero-order chi connectivity index (χ0) is 15.7. The number of nitrogens with zero attached hydrogens (tertiary/aromatic N) is 1. The second-order valence-corrected chi connectivity index (χ2v) is 6.30. The average molecular weight is 310 g/mol. The number of sulfonamides is 1. The molecule has 116 valence electrons. The molecule has 0 aliphatic carbocycles. The Labute approximate surface area is 126 Å². The Balaban J connectivity index is 2.66. The van der Waals surface area contributed by atoms with Gasteiger partial charge in [0.15, 0.2) is 5.96 Å². The van der Waals surface area contributed by atoms with Crippen LogP contribution >= 0.6 is 0 Å². The third kappa shape index (κ3) is 6.42. The Kier molecular flexibility index (Phi) is 6.90. The summed E-state index contributed by atoms with van der Waals surface area (Å²) in [6.45, 7) is 4.82. The molecule has 7 heteroatoms. The zero-order valence-electron chi connectivity index (χ0n) is 12.4. The summed E-state index contributed by atoms with van der Waals surface area (Å²) in [6.07, 6.45) is 1.75. The van der Waals surface area contributed by atoms with E-state index in [1.807, 2.05) is 18.2 Å². The summed E-state index contributed by atoms with van der Waals surface area (Å²) in [7, 11) is -0.153. The van der Waals surface area contributed by atoms with Crippen molar-refractivity contribution in [2.24, 2.45) is 4.99 Å². The average Bonchev–Trinajstić information content (AvgIpc) is 2.47. The fourth-order valence-electron chi connectivity index (χ4n) is 1.70. The van der Waals surface area contributed by atoms with E-state index in [4.69, 9.17) is 0 Å². The molecule has 0 unspecified atom stereocenters. The fraction of sp³-hybridized carbons (Fsp3) is 0.357. The number of hydrogen-bond donors (Lipinski definition) is 3. The second-order valence-electron chi connectivity index (χ2n) is 4.38. The van der Waals surface area contributed by atoms with Gasteiger partial charge in [-0.3, -0.25) is 4.99 Å². The number of guanidine groups is 1. The van der Waals surface area contributed by atoms with Crippen molar-refractivity contribution in [2.45, 2.75) is 12.3 Å². The predicted molar refractivity (Wildman–Crippen MR) is 86.5 cm³/mol. The van der Waals surface area contributed by atoms with E-state index in [2.05, 4.69) is 26.9 Å². The van der Waals surface area contributed by atoms with Crippen molar-refractivity contribution >= 4 is 16.0 Å². The van der Waals surface area contributed by atoms with Gasteiger partial charge in [0, 0.05) is 20.1 Å². The summed E-state index contributed by atoms with van der Waals surface area (Å²) in [5.74, 6) is 0.643. The van der Waals surface area contributed by atoms with Crippen molar-refractivity contribution in [3.63, 3.8) is 0 Å². The number of aliphatic imine (C=N–C) groups is 1. The normalized spacial score (nSPS) is 12.0. The lowest BCUT2D eigenvalue weighted by atomic mass is 10.1. The molecule has 0 aliphatic rings. The summed E-state index contributed by atoms with van der Waals surface area (Å²) in [4.78, 5) is 4.08. The summed E-state index contributed by atoms with van der Waals surface area (Å²) in [5.41, 5.74) is 1.73. The van der Waals surface area contributed by atoms with Crippen LogP contribution in [0.4, 0.5) is 0 Å². The molecule has 0 aromatic heterocycles. The van der Waals surface area contributed by atoms with E-state index < -0.39 is 10.0 Å². The van der Waals surface area contributed by atoms with Gasteiger partial charge in [-0.15, -0.1) is 6.58 Å². The van der Waals surface area contributed by atoms with E-state index in [-0.39, 0.29) is 5.75 Å². The van der Waals surface area contributed by atoms with Crippen molar-refractivity contribution in [2.75, 3.05) is 20.6 Å². The summed E-state index contributed by atoms with van der Waals surface area (Å²) in [5, 5.41) is 6.22. The van der Waals surface area contributed by atoms with Crippen molar-refractivity contribution < 1.29 is 8.42 Å². The Hall–Kier alpha value is -1.86. The molecule has 0 radical (unpaired) electrons. The van der Waals surface area contributed by atoms with Crippen LogP contribution in [0.3, 0.4) is 0 Å². The van der Waals surface area contributed by atoms with Crippen LogP contribution in [0.25, 0.3) is 0 Å². The lowest BCUT2D eigenvalue weighted by molar-refractivity contribution is 0.587. The Bertz CT molecular complexity index is 597. The van der Waals surface area contributed by atoms with Crippen LogP contribution in [0.2, 0.25) is 0 Å². The number of benzene rings is 1. The topological polar surface area (TPSA) is 82.6 Å². The zero-order valence-corrected chi connectivity index (χ0v) is 13.2. The van der Waals surface area contributed by atoms with Gasteiger partial charge >= 0.3 is 0 Å². The van der Waals surface area contributed by atoms with Gasteiger partial charge in [0.1, 0.15) is 0 Å². The van der Waals surface area contributed by atoms with Crippen molar-refractivity contribution in [1.82, 2.24) is 15.4 Å². The Morgan fingerprint density at radius 3 is 2.67 bits per heavy atom. The molecule has 0 saturated carbocycles. The smallest absolute Gasteiger partial charge is 0.215 e. The molecular formula is C14H22N4O2S. The highest BCUT2D eigenvalue weighted by Crippen LogP contribution is 2.08. The summed E-state index contributed by atoms with van der Waals surface area (Å²) >= 11 is 0. The van der Waals surface area contributed by atoms with Gasteiger partial charge in [-0.05, 0) is 18.2 Å². The Morgan fingerprint density at radius 2 is 2.05 bits per heavy atom. The molecule has 0 atom stereocenters. The van der Waals surface area contributed by atoms with Gasteiger partial charge < -0.3 is 10.6 Å². The van der Waals surface area contributed by atoms with Crippen LogP contribution in [0, 0.1) is 0 Å². The van der Waals surface area contributed by atoms with E-state index >= 15 is 0 Å². The standard InChI is InChI=1S/C14H22N4O2S/c1-4-8-17-14(15-2)18-10-12-6-5-7-13(9-12)11-21(19,20)16-3/h4-7,9,16H,1,8,10-11H2,2-3H3,(H2,15,17,18). The van der Waals surface area contributed by atoms with Gasteiger partial charge in [-0.2, -0.15) is 0 Å². The van der Waals surface area contributed by atoms with E-state index in [1.54, 1.807) is 19.2 Å². The van der Waals surface area contributed by atoms with E-state index in [1.165, 1.54) is 7.05 Å². The lowest BCUT2D eigenvalue weighted by Crippen LogP contribution is -2.36. The van der Waals surface area contributed by atoms with Gasteiger partial charge in [-0.25, -0.2) is 13.1 Å². The van der Waals surface area contributed by atoms with Crippen molar-refractivity contribution in [3.8, 4) is 0 Å². The second kappa shape index (κ2) is 8.43. The molecule has 3 N–H and O–H groups in total. The SMILES string of the molecule is C=CCNC(=NC)NCc1cccc(CS(=O)(=O)NC)c1. The molecule has 0 aliphatic heterocycles. The minimum Gasteiger partial charge on any atom is -0.353 e. The molecule has 0 saturated heterocycles. The number of rotatable bonds is 7. The molecule has 6 nitrogen and oxygen atoms in total. The molecule has 1 aromatic rings. The molecule has 0 fully saturated rings. The van der Waals surface area contributed by atoms with Crippen LogP contribution in [0.5, 0.6) is 0 Å². The van der Waals surface area contributed by atoms with Gasteiger partial charge in [0.2, 0.25) is 10.0 Å². The Morgan fingerprint density at radius 1 is 1.33 bits per heavy atom. The predicted octanol–water partition coefficient (Wildman–Crippen LogP) is 0.587. The first-order chi connectivity index (χ1) is 10.0. The molecule has 0 heterocycles. The van der Waals surface area contributed by atoms with Crippen LogP contribution in [-0.2, 0) is 22.3 Å². The van der Waals surface area contributed by atoms with Crippen molar-refractivity contribution in [1.29, 1.82) is 0 Å². The van der Waals surface area contributed by atoms with Crippen LogP contribution in [0.15, 0.2) is 41.9 Å². The molecule has 21 heavy (non-hydrogen) atoms. The monoisotopic (exact) mass is 310 g/mol. The van der Waals surface area contributed by atoms with Crippen LogP contribution in [-0.4, -0.2) is 35.0 Å². The molecule has 1 rings (SSSR count). The quantitative estimate of drug-likeness (QED) is 0.391. The summed E-state index contributed by atoms with van der Waals surface area (Å²) in [6, 6.07) is 7.44. The van der Waals surface area contributed by atoms with Crippen molar-refractivity contribution in [3.05, 3.63) is 48.0 Å². The lowest BCUT2D eigenvalue weighted by Gasteiger charge is -2.11. The van der Waals surface area contributed by atoms with E-state index in [0.717, 1.165) is 11.1 Å². The first-order valence-electron chi connectivity index (χ1n) is 6.55. The number of hydrogen-bond acceptors (Lipinski definition) is 3. The van der Waals surface area contributed by atoms with Gasteiger partial charge in [-0.1, -0.05) is 30.3 Å². The fourth-order valence-corrected chi connectivity index (χ4v) is 2.46. The van der Waals surface area contributed by atoms with Gasteiger partial charge in [0.05, 0.1) is 5.75 Å². The van der Waals surface area contributed by atoms with E-state index in [0.29, 0.717) is 19.0 Å². The van der Waals surface area contributed by atoms with Gasteiger partial charge in [0.25, 0.3) is 0 Å². The maximum atomic E-state index is 11.5. The minimum absolute atomic E-state index is 0.0270. The highest BCUT2D eigenvalue weighted by Gasteiger charge is 2.08. The number of nitrogens with one attached hydrogen (secondary N) is 3. The maximum absolute atomic E-state index is 11.5. The molecule has 0 spiro atoms. The summed E-state index contributed by atoms with van der Waals surface area (Å²) < 4.78 is 25.4. The highest BCUT2D eigenvalue weighted by molar-refractivity contribution is 7.88. The molecule has 0 amide bonds. The third-order valence-electron chi connectivity index (χ3n) is 2.76. The van der Waals surface area contributed by atoms with Crippen LogP contribution in [0.1, 0.15) is 11.1 Å². The largest absolute Gasteiger partial charge is 0.353 e. The van der Waals surface area contributed by atoms with Crippen LogP contribution < -0.4 is 15.4 Å².